The monoisotopic (exact) mass is 526 g/mol. The van der Waals surface area contributed by atoms with E-state index in [1.165, 1.54) is 26.0 Å². The minimum absolute atomic E-state index is 0.315. The summed E-state index contributed by atoms with van der Waals surface area (Å²) < 4.78 is 10.6. The van der Waals surface area contributed by atoms with E-state index < -0.39 is 17.1 Å². The first-order valence-corrected chi connectivity index (χ1v) is 11.8. The number of carboxylic acid groups (broad SMARTS) is 1. The molecular formula is C26H23ClN2O6S. The number of halogens is 1. The van der Waals surface area contributed by atoms with Crippen molar-refractivity contribution in [2.75, 3.05) is 24.9 Å². The lowest BCUT2D eigenvalue weighted by atomic mass is 10.1. The lowest BCUT2D eigenvalue weighted by molar-refractivity contribution is -0.131. The molecule has 10 heteroatoms. The highest BCUT2D eigenvalue weighted by Crippen LogP contribution is 2.40. The average Bonchev–Trinajstić information content (AvgIpc) is 2.87. The number of thioether (sulfide) groups is 1. The van der Waals surface area contributed by atoms with Crippen LogP contribution in [0.1, 0.15) is 10.8 Å². The Labute approximate surface area is 217 Å². The number of hydrogen-bond acceptors (Lipinski definition) is 6. The largest absolute Gasteiger partial charge is 0.495 e. The molecule has 36 heavy (non-hydrogen) atoms. The molecule has 0 aliphatic rings. The Morgan fingerprint density at radius 2 is 1.64 bits per heavy atom. The number of methoxy groups -OCH3 is 2. The smallest absolute Gasteiger partial charge is 0.328 e. The second-order valence-electron chi connectivity index (χ2n) is 7.27. The van der Waals surface area contributed by atoms with Crippen molar-refractivity contribution in [2.24, 2.45) is 0 Å². The van der Waals surface area contributed by atoms with Gasteiger partial charge in [-0.3, -0.25) is 9.59 Å². The maximum atomic E-state index is 13.5. The fraction of sp³-hybridized carbons (Fsp3) is 0.115. The molecule has 0 radical (unpaired) electrons. The molecule has 0 saturated carbocycles. The molecule has 2 amide bonds. The average molecular weight is 527 g/mol. The summed E-state index contributed by atoms with van der Waals surface area (Å²) in [6.45, 7) is 0. The van der Waals surface area contributed by atoms with E-state index >= 15 is 0 Å². The molecule has 186 valence electrons. The Hall–Kier alpha value is -3.95. The zero-order valence-electron chi connectivity index (χ0n) is 19.4. The van der Waals surface area contributed by atoms with Crippen LogP contribution in [-0.2, 0) is 14.4 Å². The third-order valence-electron chi connectivity index (χ3n) is 4.81. The van der Waals surface area contributed by atoms with E-state index in [9.17, 15) is 14.4 Å². The van der Waals surface area contributed by atoms with Gasteiger partial charge in [-0.15, -0.1) is 11.8 Å². The van der Waals surface area contributed by atoms with E-state index in [4.69, 9.17) is 26.2 Å². The van der Waals surface area contributed by atoms with Crippen molar-refractivity contribution in [2.45, 2.75) is 10.1 Å². The molecule has 0 aliphatic carbocycles. The van der Waals surface area contributed by atoms with Gasteiger partial charge in [-0.2, -0.15) is 0 Å². The van der Waals surface area contributed by atoms with E-state index in [0.29, 0.717) is 32.8 Å². The lowest BCUT2D eigenvalue weighted by Gasteiger charge is -2.19. The molecule has 0 heterocycles. The normalized spacial score (nSPS) is 11.5. The van der Waals surface area contributed by atoms with Crippen molar-refractivity contribution < 1.29 is 29.0 Å². The molecular weight excluding hydrogens is 504 g/mol. The predicted molar refractivity (Wildman–Crippen MR) is 140 cm³/mol. The summed E-state index contributed by atoms with van der Waals surface area (Å²) in [5, 5.41) is 13.8. The summed E-state index contributed by atoms with van der Waals surface area (Å²) in [6.07, 6.45) is 1.68. The molecule has 1 atom stereocenters. The van der Waals surface area contributed by atoms with Crippen LogP contribution in [0.15, 0.2) is 83.8 Å². The van der Waals surface area contributed by atoms with Crippen LogP contribution in [-0.4, -0.2) is 37.1 Å². The van der Waals surface area contributed by atoms with Gasteiger partial charge in [-0.1, -0.05) is 48.0 Å². The Morgan fingerprint density at radius 3 is 2.31 bits per heavy atom. The second-order valence-corrected chi connectivity index (χ2v) is 8.86. The fourth-order valence-electron chi connectivity index (χ4n) is 3.17. The van der Waals surface area contributed by atoms with Crippen LogP contribution in [0.25, 0.3) is 0 Å². The second kappa shape index (κ2) is 12.7. The van der Waals surface area contributed by atoms with Gasteiger partial charge >= 0.3 is 5.97 Å². The van der Waals surface area contributed by atoms with Gasteiger partial charge in [-0.25, -0.2) is 4.79 Å². The molecule has 0 aromatic heterocycles. The van der Waals surface area contributed by atoms with E-state index in [0.717, 1.165) is 17.7 Å². The Balaban J connectivity index is 1.86. The fourth-order valence-corrected chi connectivity index (χ4v) is 4.50. The lowest BCUT2D eigenvalue weighted by Crippen LogP contribution is -2.19. The number of rotatable bonds is 10. The number of carbonyl (C=O) groups excluding carboxylic acids is 2. The molecule has 0 bridgehead atoms. The number of ether oxygens (including phenoxy) is 2. The summed E-state index contributed by atoms with van der Waals surface area (Å²) in [5.74, 6) is -1.32. The number of aliphatic carboxylic acids is 1. The molecule has 0 fully saturated rings. The summed E-state index contributed by atoms with van der Waals surface area (Å²) >= 11 is 7.54. The maximum absolute atomic E-state index is 13.5. The van der Waals surface area contributed by atoms with Crippen LogP contribution < -0.4 is 20.1 Å². The molecule has 8 nitrogen and oxygen atoms in total. The van der Waals surface area contributed by atoms with Crippen molar-refractivity contribution in [3.63, 3.8) is 0 Å². The van der Waals surface area contributed by atoms with Crippen molar-refractivity contribution in [1.29, 1.82) is 0 Å². The van der Waals surface area contributed by atoms with E-state index in [1.54, 1.807) is 30.3 Å². The van der Waals surface area contributed by atoms with Crippen LogP contribution in [0.4, 0.5) is 11.4 Å². The molecule has 3 rings (SSSR count). The van der Waals surface area contributed by atoms with Gasteiger partial charge < -0.3 is 25.2 Å². The number of nitrogens with one attached hydrogen (secondary N) is 2. The van der Waals surface area contributed by atoms with Crippen LogP contribution in [0.2, 0.25) is 5.02 Å². The highest BCUT2D eigenvalue weighted by atomic mass is 35.5. The summed E-state index contributed by atoms with van der Waals surface area (Å²) in [6, 6.07) is 19.3. The highest BCUT2D eigenvalue weighted by Gasteiger charge is 2.24. The van der Waals surface area contributed by atoms with Crippen LogP contribution in [0, 0.1) is 0 Å². The summed E-state index contributed by atoms with van der Waals surface area (Å²) in [5.41, 5.74) is 1.61. The Bertz CT molecular complexity index is 1280. The number of hydrogen-bond donors (Lipinski definition) is 3. The molecule has 3 aromatic rings. The number of benzene rings is 3. The van der Waals surface area contributed by atoms with Gasteiger partial charge in [-0.05, 0) is 29.8 Å². The van der Waals surface area contributed by atoms with Gasteiger partial charge in [0, 0.05) is 28.8 Å². The van der Waals surface area contributed by atoms with Crippen molar-refractivity contribution in [3.8, 4) is 11.5 Å². The zero-order valence-corrected chi connectivity index (χ0v) is 20.9. The first kappa shape index (κ1) is 26.7. The van der Waals surface area contributed by atoms with Gasteiger partial charge in [0.05, 0.1) is 24.9 Å². The van der Waals surface area contributed by atoms with Crippen LogP contribution in [0.5, 0.6) is 11.5 Å². The third kappa shape index (κ3) is 7.27. The number of carbonyl (C=O) groups is 3. The standard InChI is InChI=1S/C26H23ClN2O6S/c1-34-21-15-22(35-2)20(14-19(21)27)29-26(33)25(16-7-4-3-5-8-16)36-18-10-6-9-17(13-18)28-23(30)11-12-24(31)32/h3-15,25H,1-2H3,(H,28,30)(H,29,33)(H,31,32)/b12-11+. The Morgan fingerprint density at radius 1 is 0.917 bits per heavy atom. The first-order valence-electron chi connectivity index (χ1n) is 10.6. The van der Waals surface area contributed by atoms with Crippen molar-refractivity contribution >= 4 is 52.5 Å². The number of amides is 2. The minimum Gasteiger partial charge on any atom is -0.495 e. The zero-order chi connectivity index (χ0) is 26.1. The number of carboxylic acids is 1. The van der Waals surface area contributed by atoms with E-state index in [1.807, 2.05) is 36.4 Å². The molecule has 3 aromatic carbocycles. The van der Waals surface area contributed by atoms with Gasteiger partial charge in [0.1, 0.15) is 16.7 Å². The van der Waals surface area contributed by atoms with Gasteiger partial charge in [0.15, 0.2) is 0 Å². The van der Waals surface area contributed by atoms with Gasteiger partial charge in [0.25, 0.3) is 0 Å². The van der Waals surface area contributed by atoms with Crippen molar-refractivity contribution in [1.82, 2.24) is 0 Å². The first-order chi connectivity index (χ1) is 17.3. The van der Waals surface area contributed by atoms with Crippen molar-refractivity contribution in [3.05, 3.63) is 89.5 Å². The number of anilines is 2. The molecule has 0 spiro atoms. The Kier molecular flexibility index (Phi) is 9.38. The molecule has 0 aliphatic heterocycles. The molecule has 1 unspecified atom stereocenters. The SMILES string of the molecule is COc1cc(OC)c(NC(=O)C(Sc2cccc(NC(=O)/C=C/C(=O)O)c2)c2ccccc2)cc1Cl. The predicted octanol–water partition coefficient (Wildman–Crippen LogP) is 5.41. The van der Waals surface area contributed by atoms with Crippen LogP contribution in [0.3, 0.4) is 0 Å². The topological polar surface area (TPSA) is 114 Å². The van der Waals surface area contributed by atoms with E-state index in [-0.39, 0.29) is 5.91 Å². The quantitative estimate of drug-likeness (QED) is 0.239. The van der Waals surface area contributed by atoms with Crippen LogP contribution >= 0.6 is 23.4 Å². The maximum Gasteiger partial charge on any atom is 0.328 e. The summed E-state index contributed by atoms with van der Waals surface area (Å²) in [4.78, 5) is 36.7. The van der Waals surface area contributed by atoms with E-state index in [2.05, 4.69) is 10.6 Å². The third-order valence-corrected chi connectivity index (χ3v) is 6.35. The summed E-state index contributed by atoms with van der Waals surface area (Å²) in [7, 11) is 2.97. The molecule has 0 saturated heterocycles. The molecule has 3 N–H and O–H groups in total. The van der Waals surface area contributed by atoms with Gasteiger partial charge in [0.2, 0.25) is 11.8 Å². The highest BCUT2D eigenvalue weighted by molar-refractivity contribution is 8.00. The minimum atomic E-state index is -1.22.